The molecule has 0 unspecified atom stereocenters. The summed E-state index contributed by atoms with van der Waals surface area (Å²) in [5.41, 5.74) is 1.25. The van der Waals surface area contributed by atoms with Gasteiger partial charge in [0.2, 0.25) is 5.91 Å². The average Bonchev–Trinajstić information content (AvgIpc) is 3.49. The minimum Gasteiger partial charge on any atom is -0.325 e. The highest BCUT2D eigenvalue weighted by molar-refractivity contribution is 5.92. The molecule has 2 aliphatic rings. The van der Waals surface area contributed by atoms with Crippen molar-refractivity contribution in [1.82, 2.24) is 19.2 Å². The van der Waals surface area contributed by atoms with Crippen LogP contribution < -0.4 is 11.0 Å². The van der Waals surface area contributed by atoms with E-state index in [1.807, 2.05) is 4.57 Å². The summed E-state index contributed by atoms with van der Waals surface area (Å²) in [7, 11) is 1.72. The first-order valence-electron chi connectivity index (χ1n) is 9.73. The fourth-order valence-corrected chi connectivity index (χ4v) is 3.83. The van der Waals surface area contributed by atoms with Gasteiger partial charge in [-0.2, -0.15) is 10.4 Å². The SMILES string of the molecule is Cn1nc(C2CCN(CC(=O)Nc3ccc(C#N)cc3)CC2)n(C2CC2)c1=O. The molecule has 8 nitrogen and oxygen atoms in total. The zero-order valence-electron chi connectivity index (χ0n) is 16.0. The van der Waals surface area contributed by atoms with E-state index < -0.39 is 0 Å². The maximum Gasteiger partial charge on any atom is 0.345 e. The van der Waals surface area contributed by atoms with Crippen molar-refractivity contribution in [2.24, 2.45) is 7.05 Å². The molecule has 4 rings (SSSR count). The van der Waals surface area contributed by atoms with Crippen LogP contribution in [0.2, 0.25) is 0 Å². The van der Waals surface area contributed by atoms with Crippen molar-refractivity contribution >= 4 is 11.6 Å². The van der Waals surface area contributed by atoms with Crippen LogP contribution in [0.3, 0.4) is 0 Å². The lowest BCUT2D eigenvalue weighted by molar-refractivity contribution is -0.117. The molecule has 0 atom stereocenters. The Bertz CT molecular complexity index is 956. The number of hydrogen-bond donors (Lipinski definition) is 1. The number of nitriles is 1. The zero-order valence-corrected chi connectivity index (χ0v) is 16.0. The summed E-state index contributed by atoms with van der Waals surface area (Å²) < 4.78 is 3.34. The van der Waals surface area contributed by atoms with Crippen LogP contribution in [0, 0.1) is 11.3 Å². The van der Waals surface area contributed by atoms with Gasteiger partial charge in [-0.15, -0.1) is 0 Å². The molecule has 28 heavy (non-hydrogen) atoms. The maximum absolute atomic E-state index is 12.3. The molecule has 1 aromatic carbocycles. The van der Waals surface area contributed by atoms with Crippen molar-refractivity contribution in [2.45, 2.75) is 37.6 Å². The number of hydrogen-bond acceptors (Lipinski definition) is 5. The Morgan fingerprint density at radius 3 is 2.50 bits per heavy atom. The first-order chi connectivity index (χ1) is 13.5. The fourth-order valence-electron chi connectivity index (χ4n) is 3.83. The minimum atomic E-state index is -0.0594. The van der Waals surface area contributed by atoms with E-state index in [-0.39, 0.29) is 17.5 Å². The summed E-state index contributed by atoms with van der Waals surface area (Å²) >= 11 is 0. The van der Waals surface area contributed by atoms with Gasteiger partial charge >= 0.3 is 5.69 Å². The molecule has 1 N–H and O–H groups in total. The Labute approximate surface area is 163 Å². The minimum absolute atomic E-state index is 0.0123. The van der Waals surface area contributed by atoms with Gasteiger partial charge in [-0.25, -0.2) is 9.48 Å². The van der Waals surface area contributed by atoms with E-state index in [1.54, 1.807) is 31.3 Å². The number of amides is 1. The zero-order chi connectivity index (χ0) is 19.7. The molecule has 2 aromatic rings. The molecule has 1 aliphatic carbocycles. The molecule has 1 saturated carbocycles. The fraction of sp³-hybridized carbons (Fsp3) is 0.500. The van der Waals surface area contributed by atoms with Gasteiger partial charge in [0.1, 0.15) is 5.82 Å². The summed E-state index contributed by atoms with van der Waals surface area (Å²) in [5.74, 6) is 1.12. The third kappa shape index (κ3) is 3.85. The average molecular weight is 380 g/mol. The van der Waals surface area contributed by atoms with Crippen LogP contribution in [0.4, 0.5) is 5.69 Å². The van der Waals surface area contributed by atoms with Gasteiger partial charge < -0.3 is 5.32 Å². The van der Waals surface area contributed by atoms with E-state index in [9.17, 15) is 9.59 Å². The number of benzene rings is 1. The first kappa shape index (κ1) is 18.4. The van der Waals surface area contributed by atoms with Crippen LogP contribution in [-0.2, 0) is 11.8 Å². The second-order valence-electron chi connectivity index (χ2n) is 7.65. The van der Waals surface area contributed by atoms with Crippen LogP contribution in [0.1, 0.15) is 49.0 Å². The molecule has 8 heteroatoms. The molecule has 0 bridgehead atoms. The van der Waals surface area contributed by atoms with E-state index in [0.717, 1.165) is 44.6 Å². The predicted octanol–water partition coefficient (Wildman–Crippen LogP) is 1.61. The molecule has 0 radical (unpaired) electrons. The Morgan fingerprint density at radius 1 is 1.21 bits per heavy atom. The standard InChI is InChI=1S/C20H24N6O2/c1-24-20(28)26(17-6-7-17)19(23-24)15-8-10-25(11-9-15)13-18(27)22-16-4-2-14(12-21)3-5-16/h2-5,15,17H,6-11,13H2,1H3,(H,22,27). The number of rotatable bonds is 5. The number of carbonyl (C=O) groups excluding carboxylic acids is 1. The topological polar surface area (TPSA) is 95.9 Å². The van der Waals surface area contributed by atoms with Crippen LogP contribution >= 0.6 is 0 Å². The first-order valence-corrected chi connectivity index (χ1v) is 9.73. The normalized spacial score (nSPS) is 18.0. The molecule has 0 spiro atoms. The lowest BCUT2D eigenvalue weighted by atomic mass is 9.96. The van der Waals surface area contributed by atoms with Crippen LogP contribution in [0.15, 0.2) is 29.1 Å². The number of aromatic nitrogens is 3. The Kier molecular flexibility index (Phi) is 5.01. The van der Waals surface area contributed by atoms with Gasteiger partial charge in [0, 0.05) is 24.7 Å². The summed E-state index contributed by atoms with van der Waals surface area (Å²) in [4.78, 5) is 26.8. The Hall–Kier alpha value is -2.92. The van der Waals surface area contributed by atoms with E-state index in [0.29, 0.717) is 23.8 Å². The lowest BCUT2D eigenvalue weighted by Gasteiger charge is -2.31. The molecule has 2 heterocycles. The third-order valence-electron chi connectivity index (χ3n) is 5.51. The summed E-state index contributed by atoms with van der Waals surface area (Å²) in [6.07, 6.45) is 3.92. The van der Waals surface area contributed by atoms with Crippen LogP contribution in [0.25, 0.3) is 0 Å². The van der Waals surface area contributed by atoms with E-state index in [4.69, 9.17) is 5.26 Å². The van der Waals surface area contributed by atoms with Crippen molar-refractivity contribution in [1.29, 1.82) is 5.26 Å². The van der Waals surface area contributed by atoms with Crippen molar-refractivity contribution in [3.05, 3.63) is 46.1 Å². The molecule has 146 valence electrons. The van der Waals surface area contributed by atoms with E-state index >= 15 is 0 Å². The van der Waals surface area contributed by atoms with Crippen LogP contribution in [0.5, 0.6) is 0 Å². The van der Waals surface area contributed by atoms with E-state index in [2.05, 4.69) is 21.4 Å². The number of aryl methyl sites for hydroxylation is 1. The van der Waals surface area contributed by atoms with Gasteiger partial charge in [-0.3, -0.25) is 14.3 Å². The molecule has 1 aromatic heterocycles. The molecular formula is C20H24N6O2. The van der Waals surface area contributed by atoms with Crippen molar-refractivity contribution in [3.63, 3.8) is 0 Å². The highest BCUT2D eigenvalue weighted by atomic mass is 16.2. The highest BCUT2D eigenvalue weighted by Gasteiger charge is 2.33. The molecular weight excluding hydrogens is 356 g/mol. The summed E-state index contributed by atoms with van der Waals surface area (Å²) in [6, 6.07) is 9.24. The van der Waals surface area contributed by atoms with Crippen molar-refractivity contribution in [2.75, 3.05) is 25.0 Å². The van der Waals surface area contributed by atoms with Gasteiger partial charge in [0.15, 0.2) is 0 Å². The monoisotopic (exact) mass is 380 g/mol. The van der Waals surface area contributed by atoms with Gasteiger partial charge in [-0.1, -0.05) is 0 Å². The van der Waals surface area contributed by atoms with E-state index in [1.165, 1.54) is 4.68 Å². The molecule has 1 aliphatic heterocycles. The second-order valence-corrected chi connectivity index (χ2v) is 7.65. The number of likely N-dealkylation sites (tertiary alicyclic amines) is 1. The van der Waals surface area contributed by atoms with Crippen molar-refractivity contribution in [3.8, 4) is 6.07 Å². The summed E-state index contributed by atoms with van der Waals surface area (Å²) in [5, 5.41) is 16.2. The van der Waals surface area contributed by atoms with Gasteiger partial charge in [0.05, 0.1) is 18.2 Å². The number of piperidine rings is 1. The van der Waals surface area contributed by atoms with Crippen molar-refractivity contribution < 1.29 is 4.79 Å². The largest absolute Gasteiger partial charge is 0.345 e. The maximum atomic E-state index is 12.3. The number of nitrogens with zero attached hydrogens (tertiary/aromatic N) is 5. The predicted molar refractivity (Wildman–Crippen MR) is 104 cm³/mol. The highest BCUT2D eigenvalue weighted by Crippen LogP contribution is 2.37. The molecule has 1 saturated heterocycles. The lowest BCUT2D eigenvalue weighted by Crippen LogP contribution is -2.39. The number of carbonyl (C=O) groups is 1. The summed E-state index contributed by atoms with van der Waals surface area (Å²) in [6.45, 7) is 1.95. The third-order valence-corrected chi connectivity index (χ3v) is 5.51. The van der Waals surface area contributed by atoms with Gasteiger partial charge in [-0.05, 0) is 63.0 Å². The number of nitrogens with one attached hydrogen (secondary N) is 1. The molecule has 2 fully saturated rings. The second kappa shape index (κ2) is 7.60. The molecule has 1 amide bonds. The van der Waals surface area contributed by atoms with Gasteiger partial charge in [0.25, 0.3) is 0 Å². The Morgan fingerprint density at radius 2 is 1.89 bits per heavy atom. The smallest absolute Gasteiger partial charge is 0.325 e. The quantitative estimate of drug-likeness (QED) is 0.850. The number of anilines is 1. The Balaban J connectivity index is 1.32. The van der Waals surface area contributed by atoms with Crippen LogP contribution in [-0.4, -0.2) is 44.8 Å².